The van der Waals surface area contributed by atoms with Crippen molar-refractivity contribution in [1.29, 1.82) is 0 Å². The number of hydrogen-bond donors (Lipinski definition) is 1. The number of hydrogen-bond acceptors (Lipinski definition) is 2. The third-order valence-corrected chi connectivity index (χ3v) is 3.28. The molecule has 0 fully saturated rings. The number of carbonyl (C=O) groups excluding carboxylic acids is 1. The molecule has 1 heterocycles. The third kappa shape index (κ3) is 2.56. The summed E-state index contributed by atoms with van der Waals surface area (Å²) in [6, 6.07) is 7.33. The maximum atomic E-state index is 11.8. The van der Waals surface area contributed by atoms with E-state index in [-0.39, 0.29) is 12.1 Å². The fraction of sp³-hybridized carbons (Fsp3) is 0.385. The van der Waals surface area contributed by atoms with Gasteiger partial charge in [0, 0.05) is 11.0 Å². The van der Waals surface area contributed by atoms with Crippen LogP contribution in [-0.2, 0) is 0 Å². The average molecular weight is 310 g/mol. The van der Waals surface area contributed by atoms with E-state index in [0.29, 0.717) is 18.3 Å². The van der Waals surface area contributed by atoms with E-state index in [1.807, 2.05) is 24.3 Å². The summed E-state index contributed by atoms with van der Waals surface area (Å²) in [6.07, 6.45) is 0. The molecule has 1 unspecified atom stereocenters. The lowest BCUT2D eigenvalue weighted by Gasteiger charge is -2.26. The zero-order valence-electron chi connectivity index (χ0n) is 10.4. The van der Waals surface area contributed by atoms with Crippen molar-refractivity contribution in [1.82, 2.24) is 4.90 Å². The van der Waals surface area contributed by atoms with Gasteiger partial charge >= 0.3 is 6.03 Å². The van der Waals surface area contributed by atoms with E-state index < -0.39 is 0 Å². The predicted octanol–water partition coefficient (Wildman–Crippen LogP) is 2.94. The molecule has 0 aliphatic carbocycles. The Bertz CT molecular complexity index is 499. The Kier molecular flexibility index (Phi) is 3.71. The van der Waals surface area contributed by atoms with Gasteiger partial charge in [-0.15, -0.1) is 0 Å². The van der Waals surface area contributed by atoms with Gasteiger partial charge in [0.15, 0.2) is 0 Å². The van der Waals surface area contributed by atoms with Crippen molar-refractivity contribution in [3.05, 3.63) is 34.3 Å². The standard InChI is InChI=1S/C13H16BrN3O/c1-8(2)7-17-11(12(15)16-13(17)18)9-4-3-5-10(14)6-9/h3-6,8,11H,7H2,1-2H3,(H2,15,16,18). The highest BCUT2D eigenvalue weighted by molar-refractivity contribution is 9.10. The van der Waals surface area contributed by atoms with Gasteiger partial charge in [0.05, 0.1) is 0 Å². The third-order valence-electron chi connectivity index (χ3n) is 2.79. The summed E-state index contributed by atoms with van der Waals surface area (Å²) in [6.45, 7) is 4.79. The molecule has 18 heavy (non-hydrogen) atoms. The van der Waals surface area contributed by atoms with Crippen LogP contribution in [0.5, 0.6) is 0 Å². The Morgan fingerprint density at radius 3 is 2.83 bits per heavy atom. The van der Waals surface area contributed by atoms with Crippen molar-refractivity contribution in [2.75, 3.05) is 6.54 Å². The lowest BCUT2D eigenvalue weighted by atomic mass is 10.0. The van der Waals surface area contributed by atoms with Crippen molar-refractivity contribution in [3.8, 4) is 0 Å². The van der Waals surface area contributed by atoms with Crippen molar-refractivity contribution in [2.24, 2.45) is 16.6 Å². The number of nitrogens with two attached hydrogens (primary N) is 1. The van der Waals surface area contributed by atoms with Crippen LogP contribution in [0.15, 0.2) is 33.7 Å². The van der Waals surface area contributed by atoms with Gasteiger partial charge in [-0.1, -0.05) is 41.9 Å². The van der Waals surface area contributed by atoms with Gasteiger partial charge in [0.25, 0.3) is 0 Å². The summed E-state index contributed by atoms with van der Waals surface area (Å²) < 4.78 is 0.969. The minimum Gasteiger partial charge on any atom is -0.385 e. The van der Waals surface area contributed by atoms with Gasteiger partial charge in [-0.3, -0.25) is 0 Å². The summed E-state index contributed by atoms with van der Waals surface area (Å²) in [5, 5.41) is 0. The zero-order valence-corrected chi connectivity index (χ0v) is 12.0. The summed E-state index contributed by atoms with van der Waals surface area (Å²) in [5.74, 6) is 0.753. The molecule has 1 aliphatic rings. The van der Waals surface area contributed by atoms with Crippen molar-refractivity contribution < 1.29 is 4.79 Å². The summed E-state index contributed by atoms with van der Waals surface area (Å²) in [7, 11) is 0. The molecule has 1 aromatic rings. The zero-order chi connectivity index (χ0) is 13.3. The lowest BCUT2D eigenvalue weighted by molar-refractivity contribution is 0.199. The Hall–Kier alpha value is -1.36. The molecule has 2 rings (SSSR count). The number of halogens is 1. The molecular formula is C13H16BrN3O. The van der Waals surface area contributed by atoms with E-state index in [4.69, 9.17) is 5.73 Å². The molecule has 2 amide bonds. The van der Waals surface area contributed by atoms with Gasteiger partial charge in [-0.2, -0.15) is 4.99 Å². The molecule has 1 aliphatic heterocycles. The van der Waals surface area contributed by atoms with Crippen molar-refractivity contribution >= 4 is 27.8 Å². The van der Waals surface area contributed by atoms with E-state index in [2.05, 4.69) is 34.8 Å². The molecule has 0 spiro atoms. The molecule has 1 atom stereocenters. The van der Waals surface area contributed by atoms with Gasteiger partial charge in [-0.25, -0.2) is 4.79 Å². The van der Waals surface area contributed by atoms with Crippen LogP contribution in [0.25, 0.3) is 0 Å². The second-order valence-electron chi connectivity index (χ2n) is 4.82. The molecule has 2 N–H and O–H groups in total. The quantitative estimate of drug-likeness (QED) is 0.933. The second kappa shape index (κ2) is 5.10. The average Bonchev–Trinajstić information content (AvgIpc) is 2.53. The van der Waals surface area contributed by atoms with E-state index in [9.17, 15) is 4.79 Å². The molecule has 0 radical (unpaired) electrons. The molecular weight excluding hydrogens is 294 g/mol. The largest absolute Gasteiger partial charge is 0.385 e. The molecule has 0 aromatic heterocycles. The Labute approximate surface area is 115 Å². The second-order valence-corrected chi connectivity index (χ2v) is 5.74. The minimum absolute atomic E-state index is 0.239. The monoisotopic (exact) mass is 309 g/mol. The molecule has 0 saturated heterocycles. The van der Waals surface area contributed by atoms with Crippen LogP contribution in [0.3, 0.4) is 0 Å². The lowest BCUT2D eigenvalue weighted by Crippen LogP contribution is -2.35. The molecule has 1 aromatic carbocycles. The van der Waals surface area contributed by atoms with E-state index >= 15 is 0 Å². The van der Waals surface area contributed by atoms with E-state index in [0.717, 1.165) is 10.0 Å². The van der Waals surface area contributed by atoms with Crippen LogP contribution >= 0.6 is 15.9 Å². The first-order chi connectivity index (χ1) is 8.49. The normalized spacial score (nSPS) is 19.6. The molecule has 0 saturated carbocycles. The highest BCUT2D eigenvalue weighted by atomic mass is 79.9. The first kappa shape index (κ1) is 13.1. The van der Waals surface area contributed by atoms with Crippen molar-refractivity contribution in [3.63, 3.8) is 0 Å². The maximum absolute atomic E-state index is 11.8. The van der Waals surface area contributed by atoms with Crippen LogP contribution in [0.1, 0.15) is 25.5 Å². The highest BCUT2D eigenvalue weighted by Gasteiger charge is 2.34. The fourth-order valence-electron chi connectivity index (χ4n) is 2.11. The first-order valence-corrected chi connectivity index (χ1v) is 6.68. The molecule has 5 heteroatoms. The van der Waals surface area contributed by atoms with Crippen LogP contribution in [-0.4, -0.2) is 23.3 Å². The minimum atomic E-state index is -0.244. The smallest absolute Gasteiger partial charge is 0.346 e. The van der Waals surface area contributed by atoms with Crippen LogP contribution in [0.4, 0.5) is 4.79 Å². The number of nitrogens with zero attached hydrogens (tertiary/aromatic N) is 2. The van der Waals surface area contributed by atoms with Crippen LogP contribution in [0, 0.1) is 5.92 Å². The van der Waals surface area contributed by atoms with E-state index in [1.165, 1.54) is 0 Å². The maximum Gasteiger partial charge on any atom is 0.346 e. The highest BCUT2D eigenvalue weighted by Crippen LogP contribution is 2.29. The van der Waals surface area contributed by atoms with Crippen molar-refractivity contribution in [2.45, 2.75) is 19.9 Å². The number of amidine groups is 1. The van der Waals surface area contributed by atoms with Gasteiger partial charge < -0.3 is 10.6 Å². The van der Waals surface area contributed by atoms with Gasteiger partial charge in [-0.05, 0) is 23.6 Å². The predicted molar refractivity (Wildman–Crippen MR) is 75.4 cm³/mol. The summed E-state index contributed by atoms with van der Waals surface area (Å²) in [5.41, 5.74) is 6.87. The number of amides is 2. The van der Waals surface area contributed by atoms with Gasteiger partial charge in [0.1, 0.15) is 11.9 Å². The number of aliphatic imine (C=N–C) groups is 1. The fourth-order valence-corrected chi connectivity index (χ4v) is 2.53. The Balaban J connectivity index is 2.34. The SMILES string of the molecule is CC(C)CN1C(=O)N=C(N)C1c1cccc(Br)c1. The Morgan fingerprint density at radius 1 is 1.50 bits per heavy atom. The van der Waals surface area contributed by atoms with Crippen LogP contribution in [0.2, 0.25) is 0 Å². The topological polar surface area (TPSA) is 58.7 Å². The summed E-state index contributed by atoms with van der Waals surface area (Å²) >= 11 is 3.43. The number of urea groups is 1. The molecule has 96 valence electrons. The number of rotatable bonds is 3. The summed E-state index contributed by atoms with van der Waals surface area (Å²) in [4.78, 5) is 17.4. The number of benzene rings is 1. The van der Waals surface area contributed by atoms with Crippen LogP contribution < -0.4 is 5.73 Å². The number of carbonyl (C=O) groups is 1. The van der Waals surface area contributed by atoms with E-state index in [1.54, 1.807) is 4.90 Å². The molecule has 4 nitrogen and oxygen atoms in total. The Morgan fingerprint density at radius 2 is 2.22 bits per heavy atom. The van der Waals surface area contributed by atoms with Gasteiger partial charge in [0.2, 0.25) is 0 Å². The first-order valence-electron chi connectivity index (χ1n) is 5.89. The molecule has 0 bridgehead atoms.